The lowest BCUT2D eigenvalue weighted by Gasteiger charge is -2.45. The van der Waals surface area contributed by atoms with Crippen LogP contribution in [0.4, 0.5) is 5.69 Å². The normalized spacial score (nSPS) is 20.7. The zero-order valence-corrected chi connectivity index (χ0v) is 66.6. The second kappa shape index (κ2) is 47.6. The molecule has 2 aliphatic rings. The summed E-state index contributed by atoms with van der Waals surface area (Å²) < 4.78 is 0. The van der Waals surface area contributed by atoms with Crippen molar-refractivity contribution in [2.75, 3.05) is 69.2 Å². The van der Waals surface area contributed by atoms with Gasteiger partial charge in [-0.1, -0.05) is 125 Å². The number of hydrogen-bond donors (Lipinski definition) is 19. The van der Waals surface area contributed by atoms with Gasteiger partial charge >= 0.3 is 29.8 Å². The van der Waals surface area contributed by atoms with Crippen molar-refractivity contribution in [2.24, 2.45) is 5.73 Å². The van der Waals surface area contributed by atoms with Gasteiger partial charge < -0.3 is 99.4 Å². The van der Waals surface area contributed by atoms with E-state index in [2.05, 4.69) is 52.8 Å². The van der Waals surface area contributed by atoms with Crippen LogP contribution in [0.25, 0.3) is 10.9 Å². The van der Waals surface area contributed by atoms with E-state index in [4.69, 9.17) is 5.73 Å². The molecule has 1 aliphatic heterocycles. The Balaban J connectivity index is 1.14. The van der Waals surface area contributed by atoms with Gasteiger partial charge in [-0.15, -0.1) is 0 Å². The zero-order valence-electron chi connectivity index (χ0n) is 65.0. The van der Waals surface area contributed by atoms with E-state index in [1.54, 1.807) is 103 Å². The van der Waals surface area contributed by atoms with Crippen LogP contribution >= 0.6 is 21.6 Å². The molecular weight excluding hydrogens is 1560 g/mol. The van der Waals surface area contributed by atoms with E-state index in [0.717, 1.165) is 26.5 Å². The summed E-state index contributed by atoms with van der Waals surface area (Å²) in [5.41, 5.74) is 8.99. The van der Waals surface area contributed by atoms with Crippen LogP contribution in [0.3, 0.4) is 0 Å². The number of carbonyl (C=O) groups is 14. The number of carboxylic acids is 5. The van der Waals surface area contributed by atoms with E-state index in [9.17, 15) is 93.6 Å². The number of aliphatic hydroxyl groups is 3. The number of aliphatic carboxylic acids is 5. The van der Waals surface area contributed by atoms with Gasteiger partial charge in [0, 0.05) is 91.1 Å². The standard InChI is InChI=1S/C79H106N14O22S2/c1-46(95)60(43-94)87-78(114)62-45-117-116-44-61(77(113)85-58(34-49-18-7-4-8-19-49)75(111)86-59(35-51-36-81-55-21-10-9-20-54(51)55)76(112)84-56(22-13-14-31-80)73(109)90-72(47(2)96)79(115)89-62)88-74(110)57(33-48-16-5-3-6-17-48)83-66(98)26-15-25-65(97)82-52-29-27-50(28-30-52)32-53(91(38-67(99)100)39-68(101)102)37-92(40-69(103)104)63-23-11-12-24-64(63)93(41-70(105)106)42-71(107)108/h3-10,16-21,27-30,36,46-47,53,56-64,72,81,94-96H,11-15,22-26,31-35,37-45,80H2,1-2H3,(H,82,97)(H,83,98)(H,84,112)(H,85,113)(H,86,111)(H,87,114)(H,88,110)(H,89,115)(H,90,109)(H,99,100)(H,101,102)(H,103,104)(H,105,106)(H,107,108)/t46-,47-,53-,56+,57+,58+,59-,60-,61+,62+,63+,64+,72+/m1/s1. The van der Waals surface area contributed by atoms with E-state index >= 15 is 14.4 Å². The van der Waals surface area contributed by atoms with Gasteiger partial charge in [-0.2, -0.15) is 0 Å². The van der Waals surface area contributed by atoms with Gasteiger partial charge in [-0.25, -0.2) is 0 Å². The fraction of sp³-hybridized carbons (Fsp3) is 0.494. The molecular formula is C79H106N14O22S2. The molecule has 117 heavy (non-hydrogen) atoms. The number of nitrogens with one attached hydrogen (secondary N) is 10. The summed E-state index contributed by atoms with van der Waals surface area (Å²) in [6.45, 7) is -1.81. The van der Waals surface area contributed by atoms with Crippen molar-refractivity contribution < 1.29 is 108 Å². The molecule has 5 aromatic rings. The van der Waals surface area contributed by atoms with E-state index in [0.29, 0.717) is 65.3 Å². The number of aromatic amines is 1. The van der Waals surface area contributed by atoms with Crippen LogP contribution in [0.5, 0.6) is 0 Å². The maximum absolute atomic E-state index is 15.3. The van der Waals surface area contributed by atoms with Gasteiger partial charge in [-0.05, 0) is 106 Å². The molecule has 1 saturated carbocycles. The SMILES string of the molecule is C[C@@H](O)[C@@H]1NC(=O)[C@H](CCCCN)NC(=O)[C@@H](Cc2c[nH]c3ccccc23)NC(=O)[C@H](Cc2ccccc2)NC(=O)[C@@H](NC(=O)[C@H](Cc2ccccc2)NC(=O)CCCC(=O)Nc2ccc(C[C@H](CN(CC(=O)O)[C@H]3CCCC[C@@H]3N(CC(=O)O)CC(=O)O)N(CC(=O)O)CC(=O)O)cc2)CSSC[C@@H](C(=O)N[C@H](CO)[C@@H](C)O)NC1=O. The molecule has 7 rings (SSSR count). The highest BCUT2D eigenvalue weighted by molar-refractivity contribution is 8.76. The average molecular weight is 1670 g/mol. The fourth-order valence-corrected chi connectivity index (χ4v) is 16.4. The largest absolute Gasteiger partial charge is 0.480 e. The highest BCUT2D eigenvalue weighted by Gasteiger charge is 2.41. The second-order valence-electron chi connectivity index (χ2n) is 29.1. The summed E-state index contributed by atoms with van der Waals surface area (Å²) in [6, 6.07) is 15.9. The Kier molecular flexibility index (Phi) is 38.1. The lowest BCUT2D eigenvalue weighted by molar-refractivity contribution is -0.146. The molecule has 13 atom stereocenters. The fourth-order valence-electron chi connectivity index (χ4n) is 14.0. The molecule has 1 saturated heterocycles. The predicted molar refractivity (Wildman–Crippen MR) is 431 cm³/mol. The Bertz CT molecular complexity index is 4150. The highest BCUT2D eigenvalue weighted by Crippen LogP contribution is 2.30. The average Bonchev–Trinajstić information content (AvgIpc) is 1.54. The number of aliphatic hydroxyl groups excluding tert-OH is 3. The molecule has 0 unspecified atom stereocenters. The Morgan fingerprint density at radius 1 is 0.556 bits per heavy atom. The van der Waals surface area contributed by atoms with Gasteiger partial charge in [-0.3, -0.25) is 81.8 Å². The van der Waals surface area contributed by atoms with Crippen molar-refractivity contribution in [3.63, 3.8) is 0 Å². The van der Waals surface area contributed by atoms with E-state index in [-0.39, 0.29) is 88.1 Å². The number of para-hydroxylation sites is 1. The van der Waals surface area contributed by atoms with Crippen molar-refractivity contribution in [1.82, 2.24) is 62.2 Å². The lowest BCUT2D eigenvalue weighted by atomic mass is 9.87. The molecule has 1 aromatic heterocycles. The number of amides is 9. The number of hydrogen-bond acceptors (Lipinski definition) is 23. The Hall–Kier alpha value is -10.6. The molecule has 636 valence electrons. The van der Waals surface area contributed by atoms with Gasteiger partial charge in [0.15, 0.2) is 0 Å². The van der Waals surface area contributed by atoms with E-state index in [1.165, 1.54) is 35.8 Å². The number of anilines is 1. The topological polar surface area (TPSA) is 561 Å². The Morgan fingerprint density at radius 3 is 1.69 bits per heavy atom. The lowest BCUT2D eigenvalue weighted by Crippen LogP contribution is -2.62. The molecule has 1 aliphatic carbocycles. The quantitative estimate of drug-likeness (QED) is 0.0177. The molecule has 0 radical (unpaired) electrons. The minimum absolute atomic E-state index is 0.0473. The van der Waals surface area contributed by atoms with Crippen molar-refractivity contribution in [3.05, 3.63) is 138 Å². The van der Waals surface area contributed by atoms with Crippen LogP contribution in [0.15, 0.2) is 115 Å². The number of nitrogens with two attached hydrogens (primary N) is 1. The first-order valence-electron chi connectivity index (χ1n) is 38.5. The summed E-state index contributed by atoms with van der Waals surface area (Å²) >= 11 is 0. The van der Waals surface area contributed by atoms with E-state index < -0.39 is 201 Å². The van der Waals surface area contributed by atoms with Gasteiger partial charge in [0.1, 0.15) is 42.3 Å². The van der Waals surface area contributed by atoms with Crippen LogP contribution in [0, 0.1) is 0 Å². The van der Waals surface area contributed by atoms with Gasteiger partial charge in [0.25, 0.3) is 0 Å². The third kappa shape index (κ3) is 31.1. The molecule has 36 nitrogen and oxygen atoms in total. The minimum Gasteiger partial charge on any atom is -0.480 e. The molecule has 0 spiro atoms. The first-order chi connectivity index (χ1) is 55.9. The molecule has 38 heteroatoms. The number of carboxylic acid groups (broad SMARTS) is 5. The number of rotatable bonds is 40. The summed E-state index contributed by atoms with van der Waals surface area (Å²) in [7, 11) is 1.83. The van der Waals surface area contributed by atoms with Gasteiger partial charge in [0.2, 0.25) is 53.2 Å². The second-order valence-corrected chi connectivity index (χ2v) is 31.6. The first kappa shape index (κ1) is 93.6. The first-order valence-corrected chi connectivity index (χ1v) is 41.0. The number of benzene rings is 4. The van der Waals surface area contributed by atoms with Crippen LogP contribution in [0.2, 0.25) is 0 Å². The number of fused-ring (bicyclic) bond motifs is 1. The summed E-state index contributed by atoms with van der Waals surface area (Å²) in [5, 5.41) is 106. The van der Waals surface area contributed by atoms with E-state index in [1.807, 2.05) is 0 Å². The van der Waals surface area contributed by atoms with Crippen LogP contribution in [-0.4, -0.2) is 286 Å². The van der Waals surface area contributed by atoms with Gasteiger partial charge in [0.05, 0.1) is 57.6 Å². The third-order valence-corrected chi connectivity index (χ3v) is 22.4. The molecule has 20 N–H and O–H groups in total. The smallest absolute Gasteiger partial charge is 0.317 e. The number of aromatic nitrogens is 1. The van der Waals surface area contributed by atoms with Crippen LogP contribution in [-0.2, 0) is 92.8 Å². The third-order valence-electron chi connectivity index (χ3n) is 20.0. The maximum atomic E-state index is 15.3. The number of unbranched alkanes of at least 4 members (excludes halogenated alkanes) is 1. The minimum atomic E-state index is -1.77. The van der Waals surface area contributed by atoms with Crippen molar-refractivity contribution >= 4 is 121 Å². The summed E-state index contributed by atoms with van der Waals surface area (Å²) in [6.07, 6.45) is -0.104. The van der Waals surface area contributed by atoms with Crippen molar-refractivity contribution in [2.45, 2.75) is 182 Å². The summed E-state index contributed by atoms with van der Waals surface area (Å²) in [4.78, 5) is 199. The Morgan fingerprint density at radius 2 is 1.09 bits per heavy atom. The van der Waals surface area contributed by atoms with Crippen LogP contribution in [0.1, 0.15) is 100 Å². The maximum Gasteiger partial charge on any atom is 0.317 e. The van der Waals surface area contributed by atoms with Crippen molar-refractivity contribution in [1.29, 1.82) is 0 Å². The predicted octanol–water partition coefficient (Wildman–Crippen LogP) is -0.288. The zero-order chi connectivity index (χ0) is 85.3. The van der Waals surface area contributed by atoms with Crippen molar-refractivity contribution in [3.8, 4) is 0 Å². The van der Waals surface area contributed by atoms with Crippen LogP contribution < -0.4 is 53.6 Å². The number of H-pyrrole nitrogens is 1. The molecule has 9 amide bonds. The highest BCUT2D eigenvalue weighted by atomic mass is 33.1. The number of nitrogens with zero attached hydrogens (tertiary/aromatic N) is 3. The Labute approximate surface area is 683 Å². The number of carbonyl (C=O) groups excluding carboxylic acids is 9. The molecule has 4 aromatic carbocycles. The molecule has 2 heterocycles. The molecule has 0 bridgehead atoms. The monoisotopic (exact) mass is 1670 g/mol. The molecule has 2 fully saturated rings. The summed E-state index contributed by atoms with van der Waals surface area (Å²) in [5.74, 6) is -15.2.